The van der Waals surface area contributed by atoms with Crippen LogP contribution in [0.15, 0.2) is 24.4 Å². The number of pyridine rings is 1. The minimum absolute atomic E-state index is 0.0685. The van der Waals surface area contributed by atoms with E-state index in [0.717, 1.165) is 17.2 Å². The maximum Gasteiger partial charge on any atom is 0.252 e. The number of carbonyl (C=O) groups excluding carboxylic acids is 2. The molecule has 1 unspecified atom stereocenters. The largest absolute Gasteiger partial charge is 0.490 e. The van der Waals surface area contributed by atoms with Gasteiger partial charge in [-0.3, -0.25) is 9.59 Å². The van der Waals surface area contributed by atoms with Crippen LogP contribution in [0.5, 0.6) is 11.6 Å². The monoisotopic (exact) mass is 385 g/mol. The van der Waals surface area contributed by atoms with E-state index in [0.29, 0.717) is 30.2 Å². The third-order valence-corrected chi connectivity index (χ3v) is 5.43. The second kappa shape index (κ2) is 7.63. The number of primary amides is 1. The van der Waals surface area contributed by atoms with Crippen LogP contribution < -0.4 is 15.2 Å². The van der Waals surface area contributed by atoms with Gasteiger partial charge >= 0.3 is 0 Å². The van der Waals surface area contributed by atoms with Crippen LogP contribution in [0.4, 0.5) is 0 Å². The highest BCUT2D eigenvalue weighted by atomic mass is 16.5. The lowest BCUT2D eigenvalue weighted by molar-refractivity contribution is -0.135. The molecule has 2 amide bonds. The standard InChI is InChI=1S/C20H23N3O5/c1-2-12-8-18(24)23-11-26-5-6-27-17-9-14-13(7-15(17)19(21)25)3-4-22-20(14)28-10-16(12)23/h3-4,7,9,12,16H,2,5-6,8,10-11H2,1H3,(H2,21,25)/t12-,16?/m1/s1. The molecule has 28 heavy (non-hydrogen) atoms. The van der Waals surface area contributed by atoms with Crippen molar-refractivity contribution in [3.8, 4) is 11.6 Å². The molecule has 1 fully saturated rings. The van der Waals surface area contributed by atoms with Crippen LogP contribution in [0.25, 0.3) is 10.8 Å². The van der Waals surface area contributed by atoms with Gasteiger partial charge in [-0.1, -0.05) is 13.3 Å². The van der Waals surface area contributed by atoms with Crippen molar-refractivity contribution in [1.82, 2.24) is 9.88 Å². The molecule has 1 saturated heterocycles. The van der Waals surface area contributed by atoms with Crippen molar-refractivity contribution in [2.75, 3.05) is 26.6 Å². The molecule has 2 bridgehead atoms. The fourth-order valence-corrected chi connectivity index (χ4v) is 3.87. The van der Waals surface area contributed by atoms with Gasteiger partial charge in [0.15, 0.2) is 0 Å². The molecule has 2 aliphatic heterocycles. The number of ether oxygens (including phenoxy) is 3. The van der Waals surface area contributed by atoms with E-state index in [1.165, 1.54) is 0 Å². The third kappa shape index (κ3) is 3.35. The Bertz CT molecular complexity index is 916. The van der Waals surface area contributed by atoms with Crippen molar-refractivity contribution in [1.29, 1.82) is 0 Å². The van der Waals surface area contributed by atoms with Gasteiger partial charge in [-0.15, -0.1) is 0 Å². The van der Waals surface area contributed by atoms with E-state index in [9.17, 15) is 9.59 Å². The summed E-state index contributed by atoms with van der Waals surface area (Å²) in [5, 5.41) is 1.51. The van der Waals surface area contributed by atoms with E-state index in [2.05, 4.69) is 11.9 Å². The Morgan fingerprint density at radius 1 is 1.32 bits per heavy atom. The first-order chi connectivity index (χ1) is 13.6. The number of fused-ring (bicyclic) bond motifs is 2. The number of carbonyl (C=O) groups is 2. The van der Waals surface area contributed by atoms with Crippen molar-refractivity contribution >= 4 is 22.6 Å². The van der Waals surface area contributed by atoms with E-state index in [1.54, 1.807) is 29.3 Å². The Labute approximate surface area is 162 Å². The molecule has 2 atom stereocenters. The molecule has 0 aliphatic carbocycles. The lowest BCUT2D eigenvalue weighted by Crippen LogP contribution is -2.41. The zero-order valence-electron chi connectivity index (χ0n) is 15.7. The number of rotatable bonds is 2. The SMILES string of the molecule is CC[C@@H]1CC(=O)N2COCCOc3cc4c(nccc4cc3C(N)=O)OCC12. The molecule has 2 aliphatic rings. The van der Waals surface area contributed by atoms with Gasteiger partial charge in [0.05, 0.1) is 18.2 Å². The zero-order valence-corrected chi connectivity index (χ0v) is 15.7. The van der Waals surface area contributed by atoms with Gasteiger partial charge in [-0.2, -0.15) is 0 Å². The number of amides is 2. The molecular formula is C20H23N3O5. The van der Waals surface area contributed by atoms with Gasteiger partial charge < -0.3 is 24.8 Å². The maximum absolute atomic E-state index is 12.4. The molecule has 2 aromatic rings. The number of hydrogen-bond acceptors (Lipinski definition) is 6. The van der Waals surface area contributed by atoms with Gasteiger partial charge in [-0.25, -0.2) is 4.98 Å². The molecule has 2 N–H and O–H groups in total. The van der Waals surface area contributed by atoms with Crippen molar-refractivity contribution in [3.63, 3.8) is 0 Å². The first kappa shape index (κ1) is 18.5. The Morgan fingerprint density at radius 3 is 2.96 bits per heavy atom. The molecule has 0 saturated carbocycles. The lowest BCUT2D eigenvalue weighted by Gasteiger charge is -2.27. The number of benzene rings is 1. The van der Waals surface area contributed by atoms with Crippen LogP contribution in [0, 0.1) is 5.92 Å². The maximum atomic E-state index is 12.4. The summed E-state index contributed by atoms with van der Waals surface area (Å²) in [5.41, 5.74) is 5.80. The lowest BCUT2D eigenvalue weighted by atomic mass is 9.98. The van der Waals surface area contributed by atoms with E-state index >= 15 is 0 Å². The topological polar surface area (TPSA) is 104 Å². The Morgan fingerprint density at radius 2 is 2.18 bits per heavy atom. The van der Waals surface area contributed by atoms with Gasteiger partial charge in [0.25, 0.3) is 5.91 Å². The summed E-state index contributed by atoms with van der Waals surface area (Å²) in [6, 6.07) is 5.13. The molecular weight excluding hydrogens is 362 g/mol. The molecule has 4 rings (SSSR count). The minimum Gasteiger partial charge on any atom is -0.490 e. The van der Waals surface area contributed by atoms with E-state index in [-0.39, 0.29) is 37.8 Å². The Hall–Kier alpha value is -2.87. The van der Waals surface area contributed by atoms with Crippen molar-refractivity contribution in [2.24, 2.45) is 11.7 Å². The van der Waals surface area contributed by atoms with Gasteiger partial charge in [0, 0.05) is 18.0 Å². The molecule has 1 aromatic heterocycles. The summed E-state index contributed by atoms with van der Waals surface area (Å²) in [5.74, 6) is 0.512. The van der Waals surface area contributed by atoms with Crippen LogP contribution in [0.1, 0.15) is 30.1 Å². The summed E-state index contributed by atoms with van der Waals surface area (Å²) in [7, 11) is 0. The smallest absolute Gasteiger partial charge is 0.252 e. The molecule has 3 heterocycles. The van der Waals surface area contributed by atoms with E-state index < -0.39 is 5.91 Å². The number of nitrogens with zero attached hydrogens (tertiary/aromatic N) is 2. The Kier molecular flexibility index (Phi) is 5.04. The zero-order chi connectivity index (χ0) is 19.7. The van der Waals surface area contributed by atoms with E-state index in [4.69, 9.17) is 19.9 Å². The molecule has 8 nitrogen and oxygen atoms in total. The fraction of sp³-hybridized carbons (Fsp3) is 0.450. The third-order valence-electron chi connectivity index (χ3n) is 5.43. The van der Waals surface area contributed by atoms with Crippen molar-refractivity contribution in [3.05, 3.63) is 30.0 Å². The summed E-state index contributed by atoms with van der Waals surface area (Å²) >= 11 is 0. The molecule has 8 heteroatoms. The fourth-order valence-electron chi connectivity index (χ4n) is 3.87. The average Bonchev–Trinajstić information content (AvgIpc) is 3.00. The van der Waals surface area contributed by atoms with Crippen molar-refractivity contribution in [2.45, 2.75) is 25.8 Å². The van der Waals surface area contributed by atoms with Crippen LogP contribution in [-0.2, 0) is 9.53 Å². The summed E-state index contributed by atoms with van der Waals surface area (Å²) < 4.78 is 17.4. The predicted octanol–water partition coefficient (Wildman–Crippen LogP) is 1.71. The molecule has 1 aromatic carbocycles. The quantitative estimate of drug-likeness (QED) is 0.844. The summed E-state index contributed by atoms with van der Waals surface area (Å²) in [4.78, 5) is 30.3. The molecule has 0 radical (unpaired) electrons. The second-order valence-corrected chi connectivity index (χ2v) is 7.05. The highest BCUT2D eigenvalue weighted by Gasteiger charge is 2.39. The van der Waals surface area contributed by atoms with E-state index in [1.807, 2.05) is 0 Å². The van der Waals surface area contributed by atoms with Gasteiger partial charge in [0.2, 0.25) is 11.8 Å². The molecule has 0 spiro atoms. The average molecular weight is 385 g/mol. The summed E-state index contributed by atoms with van der Waals surface area (Å²) in [6.45, 7) is 3.10. The minimum atomic E-state index is -0.571. The number of nitrogens with two attached hydrogens (primary N) is 1. The highest BCUT2D eigenvalue weighted by Crippen LogP contribution is 2.33. The number of aromatic nitrogens is 1. The second-order valence-electron chi connectivity index (χ2n) is 7.05. The summed E-state index contributed by atoms with van der Waals surface area (Å²) in [6.07, 6.45) is 3.01. The Balaban J connectivity index is 1.74. The first-order valence-electron chi connectivity index (χ1n) is 9.44. The van der Waals surface area contributed by atoms with Gasteiger partial charge in [-0.05, 0) is 29.5 Å². The highest BCUT2D eigenvalue weighted by molar-refractivity contribution is 6.01. The van der Waals surface area contributed by atoms with Crippen molar-refractivity contribution < 1.29 is 23.8 Å². The van der Waals surface area contributed by atoms with Crippen LogP contribution in [0.2, 0.25) is 0 Å². The molecule has 148 valence electrons. The normalized spacial score (nSPS) is 22.6. The first-order valence-corrected chi connectivity index (χ1v) is 9.44. The van der Waals surface area contributed by atoms with Crippen LogP contribution in [0.3, 0.4) is 0 Å². The van der Waals surface area contributed by atoms with Crippen LogP contribution >= 0.6 is 0 Å². The van der Waals surface area contributed by atoms with Crippen LogP contribution in [-0.4, -0.2) is 54.3 Å². The predicted molar refractivity (Wildman–Crippen MR) is 101 cm³/mol. The number of hydrogen-bond donors (Lipinski definition) is 1. The van der Waals surface area contributed by atoms with Gasteiger partial charge in [0.1, 0.15) is 25.7 Å².